The Hall–Kier alpha value is -0.300. The molecular formula is C11H21N. The summed E-state index contributed by atoms with van der Waals surface area (Å²) in [5, 5.41) is 0. The Labute approximate surface area is 76.5 Å². The van der Waals surface area contributed by atoms with Crippen molar-refractivity contribution in [2.45, 2.75) is 46.2 Å². The second-order valence-corrected chi connectivity index (χ2v) is 4.53. The second kappa shape index (κ2) is 3.61. The molecule has 1 aliphatic rings. The molecule has 0 aromatic rings. The van der Waals surface area contributed by atoms with Gasteiger partial charge in [0.05, 0.1) is 0 Å². The Balaban J connectivity index is 2.65. The number of rotatable bonds is 2. The Kier molecular flexibility index (Phi) is 2.94. The maximum absolute atomic E-state index is 4.08. The van der Waals surface area contributed by atoms with Crippen LogP contribution < -0.4 is 0 Å². The Morgan fingerprint density at radius 2 is 1.92 bits per heavy atom. The molecule has 1 fully saturated rings. The Bertz CT molecular complexity index is 152. The zero-order valence-electron chi connectivity index (χ0n) is 8.80. The molecule has 1 heterocycles. The first-order chi connectivity index (χ1) is 5.52. The van der Waals surface area contributed by atoms with Crippen LogP contribution in [0.2, 0.25) is 0 Å². The number of nitrogens with zero attached hydrogens (tertiary/aromatic N) is 1. The van der Waals surface area contributed by atoms with Crippen LogP contribution in [0.5, 0.6) is 0 Å². The first-order valence-corrected chi connectivity index (χ1v) is 4.94. The summed E-state index contributed by atoms with van der Waals surface area (Å²) in [7, 11) is 0. The average Bonchev–Trinajstić information content (AvgIpc) is 2.31. The van der Waals surface area contributed by atoms with Crippen molar-refractivity contribution in [3.63, 3.8) is 0 Å². The van der Waals surface area contributed by atoms with E-state index >= 15 is 0 Å². The number of likely N-dealkylation sites (tertiary alicyclic amines) is 1. The van der Waals surface area contributed by atoms with E-state index in [9.17, 15) is 0 Å². The van der Waals surface area contributed by atoms with Gasteiger partial charge in [0.25, 0.3) is 0 Å². The number of hydrogen-bond donors (Lipinski definition) is 0. The van der Waals surface area contributed by atoms with E-state index in [-0.39, 0.29) is 0 Å². The predicted molar refractivity (Wildman–Crippen MR) is 54.2 cm³/mol. The molecule has 0 unspecified atom stereocenters. The molecule has 12 heavy (non-hydrogen) atoms. The van der Waals surface area contributed by atoms with Crippen molar-refractivity contribution in [3.05, 3.63) is 12.2 Å². The lowest BCUT2D eigenvalue weighted by molar-refractivity contribution is 0.166. The largest absolute Gasteiger partial charge is 0.294 e. The highest BCUT2D eigenvalue weighted by Gasteiger charge is 2.30. The van der Waals surface area contributed by atoms with E-state index < -0.39 is 0 Å². The van der Waals surface area contributed by atoms with Crippen molar-refractivity contribution in [2.24, 2.45) is 5.92 Å². The molecule has 1 aliphatic heterocycles. The first-order valence-electron chi connectivity index (χ1n) is 4.94. The summed E-state index contributed by atoms with van der Waals surface area (Å²) in [6.07, 6.45) is 1.20. The smallest absolute Gasteiger partial charge is 0.0196 e. The normalized spacial score (nSPS) is 26.2. The third-order valence-corrected chi connectivity index (χ3v) is 2.76. The summed E-state index contributed by atoms with van der Waals surface area (Å²) >= 11 is 0. The average molecular weight is 167 g/mol. The molecule has 0 N–H and O–H groups in total. The molecule has 70 valence electrons. The fraction of sp³-hybridized carbons (Fsp3) is 0.818. The molecular weight excluding hydrogens is 146 g/mol. The molecule has 0 spiro atoms. The highest BCUT2D eigenvalue weighted by atomic mass is 15.2. The van der Waals surface area contributed by atoms with E-state index in [1.54, 1.807) is 0 Å². The van der Waals surface area contributed by atoms with E-state index in [4.69, 9.17) is 0 Å². The van der Waals surface area contributed by atoms with Crippen molar-refractivity contribution >= 4 is 0 Å². The molecule has 0 aromatic carbocycles. The van der Waals surface area contributed by atoms with Gasteiger partial charge in [0.15, 0.2) is 0 Å². The van der Waals surface area contributed by atoms with Crippen molar-refractivity contribution in [1.82, 2.24) is 4.90 Å². The second-order valence-electron chi connectivity index (χ2n) is 4.53. The summed E-state index contributed by atoms with van der Waals surface area (Å²) in [4.78, 5) is 2.56. The maximum Gasteiger partial charge on any atom is 0.0196 e. The van der Waals surface area contributed by atoms with Gasteiger partial charge >= 0.3 is 0 Å². The molecule has 0 bridgehead atoms. The summed E-state index contributed by atoms with van der Waals surface area (Å²) in [6, 6.07) is 1.40. The van der Waals surface area contributed by atoms with Crippen LogP contribution in [0.3, 0.4) is 0 Å². The maximum atomic E-state index is 4.08. The molecule has 1 rings (SSSR count). The quantitative estimate of drug-likeness (QED) is 0.572. The Morgan fingerprint density at radius 1 is 1.33 bits per heavy atom. The van der Waals surface area contributed by atoms with Gasteiger partial charge in [-0.2, -0.15) is 0 Å². The van der Waals surface area contributed by atoms with E-state index in [1.807, 2.05) is 0 Å². The molecule has 0 amide bonds. The Morgan fingerprint density at radius 3 is 2.25 bits per heavy atom. The topological polar surface area (TPSA) is 3.24 Å². The fourth-order valence-corrected chi connectivity index (χ4v) is 2.04. The van der Waals surface area contributed by atoms with Crippen molar-refractivity contribution in [1.29, 1.82) is 0 Å². The minimum Gasteiger partial charge on any atom is -0.294 e. The highest BCUT2D eigenvalue weighted by molar-refractivity contribution is 5.09. The predicted octanol–water partition coefficient (Wildman–Crippen LogP) is 2.68. The van der Waals surface area contributed by atoms with Crippen molar-refractivity contribution in [2.75, 3.05) is 6.54 Å². The summed E-state index contributed by atoms with van der Waals surface area (Å²) in [5.74, 6) is 0.756. The van der Waals surface area contributed by atoms with Gasteiger partial charge in [-0.3, -0.25) is 4.90 Å². The SMILES string of the molecule is C=C1C[C@@H](C(C)C)N(C(C)C)C1. The molecule has 1 nitrogen and oxygen atoms in total. The molecule has 0 radical (unpaired) electrons. The van der Waals surface area contributed by atoms with E-state index in [1.165, 1.54) is 12.0 Å². The zero-order valence-corrected chi connectivity index (χ0v) is 8.80. The fourth-order valence-electron chi connectivity index (χ4n) is 2.04. The standard InChI is InChI=1S/C11H21N/c1-8(2)11-6-10(5)7-12(11)9(3)4/h8-9,11H,5-7H2,1-4H3/t11-/m0/s1. The monoisotopic (exact) mass is 167 g/mol. The van der Waals surface area contributed by atoms with Crippen molar-refractivity contribution < 1.29 is 0 Å². The van der Waals surface area contributed by atoms with Crippen LogP contribution in [0, 0.1) is 5.92 Å². The summed E-state index contributed by atoms with van der Waals surface area (Å²) < 4.78 is 0. The van der Waals surface area contributed by atoms with Gasteiger partial charge < -0.3 is 0 Å². The van der Waals surface area contributed by atoms with Crippen molar-refractivity contribution in [3.8, 4) is 0 Å². The first kappa shape index (κ1) is 9.79. The minimum atomic E-state index is 0.664. The van der Waals surface area contributed by atoms with Gasteiger partial charge in [-0.15, -0.1) is 0 Å². The van der Waals surface area contributed by atoms with Gasteiger partial charge in [-0.1, -0.05) is 26.0 Å². The van der Waals surface area contributed by atoms with E-state index in [2.05, 4.69) is 39.2 Å². The van der Waals surface area contributed by atoms with Crippen LogP contribution in [-0.4, -0.2) is 23.5 Å². The molecule has 1 atom stereocenters. The van der Waals surface area contributed by atoms with Gasteiger partial charge in [0.1, 0.15) is 0 Å². The van der Waals surface area contributed by atoms with Crippen LogP contribution in [-0.2, 0) is 0 Å². The summed E-state index contributed by atoms with van der Waals surface area (Å²) in [5.41, 5.74) is 1.41. The van der Waals surface area contributed by atoms with E-state index in [0.29, 0.717) is 6.04 Å². The lowest BCUT2D eigenvalue weighted by Gasteiger charge is -2.30. The van der Waals surface area contributed by atoms with Gasteiger partial charge in [-0.05, 0) is 26.2 Å². The third kappa shape index (κ3) is 1.89. The van der Waals surface area contributed by atoms with Crippen LogP contribution in [0.4, 0.5) is 0 Å². The molecule has 0 aromatic heterocycles. The van der Waals surface area contributed by atoms with Gasteiger partial charge in [-0.25, -0.2) is 0 Å². The van der Waals surface area contributed by atoms with Crippen LogP contribution in [0.1, 0.15) is 34.1 Å². The summed E-state index contributed by atoms with van der Waals surface area (Å²) in [6.45, 7) is 14.3. The lowest BCUT2D eigenvalue weighted by Crippen LogP contribution is -2.38. The van der Waals surface area contributed by atoms with Gasteiger partial charge in [0, 0.05) is 18.6 Å². The third-order valence-electron chi connectivity index (χ3n) is 2.76. The molecule has 1 saturated heterocycles. The van der Waals surface area contributed by atoms with Crippen LogP contribution >= 0.6 is 0 Å². The highest BCUT2D eigenvalue weighted by Crippen LogP contribution is 2.28. The number of hydrogen-bond acceptors (Lipinski definition) is 1. The lowest BCUT2D eigenvalue weighted by atomic mass is 10.0. The molecule has 0 aliphatic carbocycles. The zero-order chi connectivity index (χ0) is 9.30. The van der Waals surface area contributed by atoms with Gasteiger partial charge in [0.2, 0.25) is 0 Å². The molecule has 1 heteroatoms. The van der Waals surface area contributed by atoms with Crippen LogP contribution in [0.15, 0.2) is 12.2 Å². The minimum absolute atomic E-state index is 0.664. The molecule has 0 saturated carbocycles. The van der Waals surface area contributed by atoms with E-state index in [0.717, 1.165) is 18.5 Å². The van der Waals surface area contributed by atoms with Crippen LogP contribution in [0.25, 0.3) is 0 Å².